The minimum atomic E-state index is -0.571. The first-order valence-electron chi connectivity index (χ1n) is 10.6. The normalized spacial score (nSPS) is 11.4. The Balaban J connectivity index is 1.53. The summed E-state index contributed by atoms with van der Waals surface area (Å²) in [4.78, 5) is 29.9. The third-order valence-electron chi connectivity index (χ3n) is 5.45. The number of furan rings is 1. The number of ether oxygens (including phenoxy) is 2. The average molecular weight is 459 g/mol. The summed E-state index contributed by atoms with van der Waals surface area (Å²) in [5.41, 5.74) is 1.67. The van der Waals surface area contributed by atoms with Crippen molar-refractivity contribution in [3.63, 3.8) is 0 Å². The molecule has 0 aliphatic heterocycles. The first kappa shape index (κ1) is 21.4. The molecule has 0 unspecified atom stereocenters. The topological polar surface area (TPSA) is 110 Å². The van der Waals surface area contributed by atoms with Crippen molar-refractivity contribution in [2.75, 3.05) is 7.11 Å². The molecule has 0 amide bonds. The number of rotatable bonds is 6. The van der Waals surface area contributed by atoms with Gasteiger partial charge < -0.3 is 18.3 Å². The monoisotopic (exact) mass is 459 g/mol. The second-order valence-corrected chi connectivity index (χ2v) is 7.98. The fourth-order valence-electron chi connectivity index (χ4n) is 3.79. The summed E-state index contributed by atoms with van der Waals surface area (Å²) >= 11 is 0. The maximum Gasteiger partial charge on any atom is 0.339 e. The molecule has 0 saturated heterocycles. The van der Waals surface area contributed by atoms with Gasteiger partial charge in [-0.15, -0.1) is 0 Å². The largest absolute Gasteiger partial charge is 0.497 e. The molecule has 0 N–H and O–H groups in total. The zero-order valence-corrected chi connectivity index (χ0v) is 18.8. The van der Waals surface area contributed by atoms with Crippen LogP contribution in [0.15, 0.2) is 68.6 Å². The molecule has 0 spiro atoms. The van der Waals surface area contributed by atoms with Crippen LogP contribution in [-0.4, -0.2) is 27.8 Å². The summed E-state index contributed by atoms with van der Waals surface area (Å²) in [6.45, 7) is 3.84. The van der Waals surface area contributed by atoms with Gasteiger partial charge in [0.1, 0.15) is 23.6 Å². The molecule has 172 valence electrons. The molecule has 5 aromatic rings. The highest BCUT2D eigenvalue weighted by Gasteiger charge is 2.21. The van der Waals surface area contributed by atoms with Crippen LogP contribution in [0.1, 0.15) is 35.8 Å². The van der Waals surface area contributed by atoms with Gasteiger partial charge in [-0.2, -0.15) is 5.10 Å². The van der Waals surface area contributed by atoms with Gasteiger partial charge in [0.25, 0.3) is 0 Å². The number of aromatic nitrogens is 3. The lowest BCUT2D eigenvalue weighted by Crippen LogP contribution is -2.10. The Kier molecular flexibility index (Phi) is 5.37. The van der Waals surface area contributed by atoms with Crippen LogP contribution < -0.4 is 10.4 Å². The maximum atomic E-state index is 13.2. The highest BCUT2D eigenvalue weighted by atomic mass is 16.5. The minimum Gasteiger partial charge on any atom is -0.497 e. The van der Waals surface area contributed by atoms with Crippen LogP contribution in [0.5, 0.6) is 5.75 Å². The summed E-state index contributed by atoms with van der Waals surface area (Å²) in [6.07, 6.45) is 3.14. The van der Waals surface area contributed by atoms with Gasteiger partial charge >= 0.3 is 11.6 Å². The van der Waals surface area contributed by atoms with Gasteiger partial charge in [0.05, 0.1) is 30.5 Å². The first-order valence-corrected chi connectivity index (χ1v) is 10.6. The van der Waals surface area contributed by atoms with Crippen molar-refractivity contribution in [2.45, 2.75) is 26.5 Å². The van der Waals surface area contributed by atoms with E-state index in [1.54, 1.807) is 53.5 Å². The Labute approximate surface area is 193 Å². The number of esters is 1. The zero-order valence-electron chi connectivity index (χ0n) is 18.8. The number of pyridine rings is 1. The summed E-state index contributed by atoms with van der Waals surface area (Å²) < 4.78 is 23.3. The number of carbonyl (C=O) groups is 1. The number of carbonyl (C=O) groups excluding carboxylic acids is 1. The van der Waals surface area contributed by atoms with Crippen LogP contribution in [-0.2, 0) is 11.3 Å². The van der Waals surface area contributed by atoms with E-state index in [1.807, 2.05) is 13.8 Å². The zero-order chi connectivity index (χ0) is 23.8. The van der Waals surface area contributed by atoms with E-state index >= 15 is 0 Å². The van der Waals surface area contributed by atoms with Crippen molar-refractivity contribution in [1.29, 1.82) is 0 Å². The quantitative estimate of drug-likeness (QED) is 0.264. The van der Waals surface area contributed by atoms with E-state index in [0.717, 1.165) is 0 Å². The van der Waals surface area contributed by atoms with Gasteiger partial charge in [0.15, 0.2) is 11.4 Å². The summed E-state index contributed by atoms with van der Waals surface area (Å²) in [6, 6.07) is 11.6. The second-order valence-electron chi connectivity index (χ2n) is 7.98. The number of hydrogen-bond donors (Lipinski definition) is 0. The smallest absolute Gasteiger partial charge is 0.339 e. The third-order valence-corrected chi connectivity index (χ3v) is 5.45. The van der Waals surface area contributed by atoms with E-state index in [4.69, 9.17) is 18.3 Å². The van der Waals surface area contributed by atoms with Crippen LogP contribution in [0.3, 0.4) is 0 Å². The molecule has 34 heavy (non-hydrogen) atoms. The maximum absolute atomic E-state index is 13.2. The van der Waals surface area contributed by atoms with E-state index in [9.17, 15) is 9.59 Å². The Morgan fingerprint density at radius 2 is 2.00 bits per heavy atom. The highest BCUT2D eigenvalue weighted by molar-refractivity contribution is 6.03. The fourth-order valence-corrected chi connectivity index (χ4v) is 3.79. The summed E-state index contributed by atoms with van der Waals surface area (Å²) in [7, 11) is 1.53. The second kappa shape index (κ2) is 8.51. The lowest BCUT2D eigenvalue weighted by atomic mass is 10.1. The SMILES string of the molecule is COc1ccc2c(COC(=O)c3cc(-c4ccco4)nc4c3cnn4C(C)C)cc(=O)oc2c1. The molecule has 9 heteroatoms. The first-order chi connectivity index (χ1) is 16.4. The molecule has 1 aromatic carbocycles. The highest BCUT2D eigenvalue weighted by Crippen LogP contribution is 2.28. The van der Waals surface area contributed by atoms with Crippen molar-refractivity contribution in [2.24, 2.45) is 0 Å². The molecule has 0 aliphatic carbocycles. The predicted octanol–water partition coefficient (Wildman–Crippen LogP) is 4.74. The summed E-state index contributed by atoms with van der Waals surface area (Å²) in [5, 5.41) is 5.61. The van der Waals surface area contributed by atoms with Gasteiger partial charge in [0, 0.05) is 29.1 Å². The van der Waals surface area contributed by atoms with E-state index in [2.05, 4.69) is 10.1 Å². The number of benzene rings is 1. The molecule has 0 aliphatic rings. The van der Waals surface area contributed by atoms with Gasteiger partial charge in [-0.3, -0.25) is 0 Å². The Hall–Kier alpha value is -4.40. The molecule has 5 rings (SSSR count). The lowest BCUT2D eigenvalue weighted by molar-refractivity contribution is 0.0476. The van der Waals surface area contributed by atoms with Crippen molar-refractivity contribution in [1.82, 2.24) is 14.8 Å². The van der Waals surface area contributed by atoms with Crippen LogP contribution in [0.25, 0.3) is 33.5 Å². The van der Waals surface area contributed by atoms with Crippen LogP contribution in [0.4, 0.5) is 0 Å². The Bertz CT molecular complexity index is 1560. The van der Waals surface area contributed by atoms with E-state index < -0.39 is 11.6 Å². The third kappa shape index (κ3) is 3.81. The van der Waals surface area contributed by atoms with Crippen molar-refractivity contribution in [3.8, 4) is 17.2 Å². The fraction of sp³-hybridized carbons (Fsp3) is 0.200. The van der Waals surface area contributed by atoms with Crippen LogP contribution in [0.2, 0.25) is 0 Å². The molecular formula is C25H21N3O6. The number of nitrogens with zero attached hydrogens (tertiary/aromatic N) is 3. The van der Waals surface area contributed by atoms with Gasteiger partial charge in [0.2, 0.25) is 0 Å². The molecule has 0 radical (unpaired) electrons. The van der Waals surface area contributed by atoms with Crippen molar-refractivity contribution < 1.29 is 23.1 Å². The number of methoxy groups -OCH3 is 1. The van der Waals surface area contributed by atoms with Crippen molar-refractivity contribution >= 4 is 28.0 Å². The lowest BCUT2D eigenvalue weighted by Gasteiger charge is -2.11. The van der Waals surface area contributed by atoms with E-state index in [1.165, 1.54) is 13.2 Å². The predicted molar refractivity (Wildman–Crippen MR) is 124 cm³/mol. The standard InChI is InChI=1S/C25H21N3O6/c1-14(2)28-24-19(12-26-28)18(11-20(27-24)21-5-4-8-32-21)25(30)33-13-15-9-23(29)34-22-10-16(31-3)6-7-17(15)22/h4-12,14H,13H2,1-3H3. The van der Waals surface area contributed by atoms with Crippen LogP contribution >= 0.6 is 0 Å². The van der Waals surface area contributed by atoms with Gasteiger partial charge in [-0.1, -0.05) is 0 Å². The van der Waals surface area contributed by atoms with Crippen LogP contribution in [0, 0.1) is 0 Å². The molecule has 0 bridgehead atoms. The average Bonchev–Trinajstić information content (AvgIpc) is 3.51. The molecule has 0 atom stereocenters. The van der Waals surface area contributed by atoms with Gasteiger partial charge in [-0.05, 0) is 44.2 Å². The number of fused-ring (bicyclic) bond motifs is 2. The number of hydrogen-bond acceptors (Lipinski definition) is 8. The molecule has 4 heterocycles. The van der Waals surface area contributed by atoms with E-state index in [0.29, 0.717) is 50.3 Å². The van der Waals surface area contributed by atoms with E-state index in [-0.39, 0.29) is 12.6 Å². The Morgan fingerprint density at radius 3 is 2.74 bits per heavy atom. The van der Waals surface area contributed by atoms with Crippen molar-refractivity contribution in [3.05, 3.63) is 76.5 Å². The minimum absolute atomic E-state index is 0.0348. The molecule has 9 nitrogen and oxygen atoms in total. The Morgan fingerprint density at radius 1 is 1.15 bits per heavy atom. The molecular weight excluding hydrogens is 438 g/mol. The molecule has 0 saturated carbocycles. The van der Waals surface area contributed by atoms with Gasteiger partial charge in [-0.25, -0.2) is 19.3 Å². The summed E-state index contributed by atoms with van der Waals surface area (Å²) in [5.74, 6) is 0.503. The molecule has 4 aromatic heterocycles. The molecule has 0 fully saturated rings.